The van der Waals surface area contributed by atoms with E-state index >= 15 is 0 Å². The summed E-state index contributed by atoms with van der Waals surface area (Å²) in [4.78, 5) is 0. The molecule has 84 valence electrons. The molecule has 2 rings (SSSR count). The maximum atomic E-state index is 11.9. The zero-order valence-electron chi connectivity index (χ0n) is 8.49. The zero-order chi connectivity index (χ0) is 10.9. The highest BCUT2D eigenvalue weighted by atomic mass is 32.2. The third-order valence-electron chi connectivity index (χ3n) is 2.51. The molecule has 1 aromatic rings. The van der Waals surface area contributed by atoms with Gasteiger partial charge in [-0.05, 0) is 31.3 Å². The summed E-state index contributed by atoms with van der Waals surface area (Å²) in [6.07, 6.45) is 0.831. The molecule has 1 aliphatic heterocycles. The smallest absolute Gasteiger partial charge is 0.250 e. The Balaban J connectivity index is 2.18. The van der Waals surface area contributed by atoms with E-state index in [9.17, 15) is 8.42 Å². The summed E-state index contributed by atoms with van der Waals surface area (Å²) in [7, 11) is -3.33. The van der Waals surface area contributed by atoms with Crippen LogP contribution in [0.4, 0.5) is 0 Å². The van der Waals surface area contributed by atoms with Crippen molar-refractivity contribution >= 4 is 21.4 Å². The van der Waals surface area contributed by atoms with Crippen molar-refractivity contribution in [2.24, 2.45) is 0 Å². The molecule has 0 saturated carbocycles. The molecular formula is C9H14N2O2S2. The van der Waals surface area contributed by atoms with Gasteiger partial charge in [0.1, 0.15) is 4.21 Å². The van der Waals surface area contributed by atoms with Crippen molar-refractivity contribution in [1.82, 2.24) is 10.0 Å². The summed E-state index contributed by atoms with van der Waals surface area (Å²) >= 11 is 1.24. The highest BCUT2D eigenvalue weighted by Crippen LogP contribution is 2.21. The highest BCUT2D eigenvalue weighted by molar-refractivity contribution is 7.91. The number of hydrogen-bond donors (Lipinski definition) is 2. The molecule has 0 aliphatic carbocycles. The minimum Gasteiger partial charge on any atom is -0.315 e. The predicted octanol–water partition coefficient (Wildman–Crippen LogP) is 0.778. The first kappa shape index (κ1) is 11.1. The largest absolute Gasteiger partial charge is 0.315 e. The monoisotopic (exact) mass is 246 g/mol. The van der Waals surface area contributed by atoms with E-state index in [0.717, 1.165) is 13.0 Å². The molecule has 1 saturated heterocycles. The number of thiophene rings is 1. The lowest BCUT2D eigenvalue weighted by atomic mass is 10.0. The van der Waals surface area contributed by atoms with E-state index in [4.69, 9.17) is 0 Å². The number of sulfonamides is 1. The summed E-state index contributed by atoms with van der Waals surface area (Å²) in [5.74, 6) is 0. The molecule has 6 heteroatoms. The first-order valence-electron chi connectivity index (χ1n) is 4.80. The van der Waals surface area contributed by atoms with E-state index in [1.807, 2.05) is 6.92 Å². The summed E-state index contributed by atoms with van der Waals surface area (Å²) in [6, 6.07) is 3.37. The number of hydrogen-bond acceptors (Lipinski definition) is 4. The average molecular weight is 246 g/mol. The van der Waals surface area contributed by atoms with Gasteiger partial charge < -0.3 is 5.32 Å². The van der Waals surface area contributed by atoms with Gasteiger partial charge in [0.15, 0.2) is 0 Å². The molecular weight excluding hydrogens is 232 g/mol. The van der Waals surface area contributed by atoms with Crippen LogP contribution in [0.3, 0.4) is 0 Å². The van der Waals surface area contributed by atoms with Crippen LogP contribution in [-0.2, 0) is 10.0 Å². The first-order chi connectivity index (χ1) is 7.02. The molecule has 1 atom stereocenters. The molecule has 0 spiro atoms. The molecule has 15 heavy (non-hydrogen) atoms. The molecule has 1 unspecified atom stereocenters. The average Bonchev–Trinajstić information content (AvgIpc) is 2.73. The maximum absolute atomic E-state index is 11.9. The van der Waals surface area contributed by atoms with E-state index in [1.54, 1.807) is 17.5 Å². The van der Waals surface area contributed by atoms with E-state index in [-0.39, 0.29) is 5.54 Å². The van der Waals surface area contributed by atoms with Crippen LogP contribution < -0.4 is 10.0 Å². The van der Waals surface area contributed by atoms with Crippen molar-refractivity contribution in [2.45, 2.75) is 23.1 Å². The van der Waals surface area contributed by atoms with Crippen molar-refractivity contribution in [3.8, 4) is 0 Å². The Kier molecular flexibility index (Phi) is 2.85. The minimum atomic E-state index is -3.33. The Morgan fingerprint density at radius 3 is 2.93 bits per heavy atom. The zero-order valence-corrected chi connectivity index (χ0v) is 10.1. The molecule has 0 bridgehead atoms. The van der Waals surface area contributed by atoms with Crippen LogP contribution in [0.1, 0.15) is 13.3 Å². The molecule has 4 nitrogen and oxygen atoms in total. The topological polar surface area (TPSA) is 58.2 Å². The van der Waals surface area contributed by atoms with Crippen molar-refractivity contribution in [3.05, 3.63) is 17.5 Å². The second-order valence-electron chi connectivity index (χ2n) is 4.03. The SMILES string of the molecule is CC1(NS(=O)(=O)c2cccs2)CCNC1. The van der Waals surface area contributed by atoms with E-state index in [1.165, 1.54) is 11.3 Å². The molecule has 1 fully saturated rings. The van der Waals surface area contributed by atoms with Gasteiger partial charge in [0, 0.05) is 12.1 Å². The fourth-order valence-corrected chi connectivity index (χ4v) is 4.12. The van der Waals surface area contributed by atoms with E-state index < -0.39 is 10.0 Å². The van der Waals surface area contributed by atoms with E-state index in [2.05, 4.69) is 10.0 Å². The van der Waals surface area contributed by atoms with Gasteiger partial charge in [-0.1, -0.05) is 6.07 Å². The lowest BCUT2D eigenvalue weighted by Crippen LogP contribution is -2.47. The van der Waals surface area contributed by atoms with Crippen LogP contribution in [0.15, 0.2) is 21.7 Å². The van der Waals surface area contributed by atoms with Crippen LogP contribution in [-0.4, -0.2) is 27.0 Å². The normalized spacial score (nSPS) is 27.0. The molecule has 1 aromatic heterocycles. The van der Waals surface area contributed by atoms with Gasteiger partial charge in [-0.3, -0.25) is 0 Å². The van der Waals surface area contributed by atoms with Gasteiger partial charge in [-0.15, -0.1) is 11.3 Å². The quantitative estimate of drug-likeness (QED) is 0.828. The lowest BCUT2D eigenvalue weighted by molar-refractivity contribution is 0.452. The summed E-state index contributed by atoms with van der Waals surface area (Å²) in [6.45, 7) is 3.49. The molecule has 2 heterocycles. The molecule has 1 aliphatic rings. The second kappa shape index (κ2) is 3.86. The van der Waals surface area contributed by atoms with Crippen LogP contribution >= 0.6 is 11.3 Å². The van der Waals surface area contributed by atoms with Gasteiger partial charge in [0.25, 0.3) is 10.0 Å². The third-order valence-corrected chi connectivity index (χ3v) is 5.55. The number of nitrogens with one attached hydrogen (secondary N) is 2. The minimum absolute atomic E-state index is 0.344. The van der Waals surface area contributed by atoms with Crippen LogP contribution in [0.2, 0.25) is 0 Å². The van der Waals surface area contributed by atoms with Gasteiger partial charge in [-0.2, -0.15) is 0 Å². The Hall–Kier alpha value is -0.430. The predicted molar refractivity (Wildman–Crippen MR) is 60.5 cm³/mol. The van der Waals surface area contributed by atoms with Crippen LogP contribution in [0.25, 0.3) is 0 Å². The third kappa shape index (κ3) is 2.39. The van der Waals surface area contributed by atoms with Crippen molar-refractivity contribution in [2.75, 3.05) is 13.1 Å². The van der Waals surface area contributed by atoms with Crippen LogP contribution in [0, 0.1) is 0 Å². The maximum Gasteiger partial charge on any atom is 0.250 e. The molecule has 0 radical (unpaired) electrons. The molecule has 0 aromatic carbocycles. The van der Waals surface area contributed by atoms with Gasteiger partial charge >= 0.3 is 0 Å². The summed E-state index contributed by atoms with van der Waals surface area (Å²) < 4.78 is 27.0. The highest BCUT2D eigenvalue weighted by Gasteiger charge is 2.33. The fraction of sp³-hybridized carbons (Fsp3) is 0.556. The summed E-state index contributed by atoms with van der Waals surface area (Å²) in [5, 5.41) is 4.92. The van der Waals surface area contributed by atoms with Crippen molar-refractivity contribution in [1.29, 1.82) is 0 Å². The molecule has 2 N–H and O–H groups in total. The van der Waals surface area contributed by atoms with Crippen molar-refractivity contribution in [3.63, 3.8) is 0 Å². The number of rotatable bonds is 3. The van der Waals surface area contributed by atoms with Crippen LogP contribution in [0.5, 0.6) is 0 Å². The Morgan fingerprint density at radius 2 is 2.40 bits per heavy atom. The van der Waals surface area contributed by atoms with E-state index in [0.29, 0.717) is 10.8 Å². The Morgan fingerprint density at radius 1 is 1.60 bits per heavy atom. The second-order valence-corrected chi connectivity index (χ2v) is 6.88. The van der Waals surface area contributed by atoms with Gasteiger partial charge in [0.05, 0.1) is 0 Å². The summed E-state index contributed by atoms with van der Waals surface area (Å²) in [5.41, 5.74) is -0.344. The van der Waals surface area contributed by atoms with Gasteiger partial charge in [-0.25, -0.2) is 13.1 Å². The standard InChI is InChI=1S/C9H14N2O2S2/c1-9(4-5-10-7-9)11-15(12,13)8-3-2-6-14-8/h2-3,6,10-11H,4-5,7H2,1H3. The Labute approximate surface area is 93.8 Å². The lowest BCUT2D eigenvalue weighted by Gasteiger charge is -2.23. The first-order valence-corrected chi connectivity index (χ1v) is 7.16. The Bertz CT molecular complexity index is 419. The van der Waals surface area contributed by atoms with Crippen molar-refractivity contribution < 1.29 is 8.42 Å². The molecule has 0 amide bonds. The van der Waals surface area contributed by atoms with Gasteiger partial charge in [0.2, 0.25) is 0 Å². The fourth-order valence-electron chi connectivity index (χ4n) is 1.70.